The van der Waals surface area contributed by atoms with Gasteiger partial charge in [-0.2, -0.15) is 0 Å². The Kier molecular flexibility index (Phi) is 14.5. The van der Waals surface area contributed by atoms with Crippen molar-refractivity contribution in [1.82, 2.24) is 9.88 Å². The summed E-state index contributed by atoms with van der Waals surface area (Å²) in [6.45, 7) is 19.1. The van der Waals surface area contributed by atoms with Gasteiger partial charge in [-0.1, -0.05) is 83.2 Å². The summed E-state index contributed by atoms with van der Waals surface area (Å²) in [6.07, 6.45) is 17.6. The van der Waals surface area contributed by atoms with Crippen molar-refractivity contribution in [2.24, 2.45) is 5.92 Å². The van der Waals surface area contributed by atoms with Crippen LogP contribution in [0.2, 0.25) is 18.1 Å². The second kappa shape index (κ2) is 17.9. The quantitative estimate of drug-likeness (QED) is 0.0350. The normalized spacial score (nSPS) is 18.5. The van der Waals surface area contributed by atoms with E-state index in [0.717, 1.165) is 25.0 Å². The summed E-state index contributed by atoms with van der Waals surface area (Å²) in [6, 6.07) is 3.73. The lowest BCUT2D eigenvalue weighted by Crippen LogP contribution is -2.48. The van der Waals surface area contributed by atoms with Gasteiger partial charge in [0.1, 0.15) is 29.8 Å². The van der Waals surface area contributed by atoms with Crippen LogP contribution in [0.25, 0.3) is 0 Å². The molecule has 1 aromatic heterocycles. The van der Waals surface area contributed by atoms with Gasteiger partial charge in [0.2, 0.25) is 5.91 Å². The minimum atomic E-state index is -2.28. The molecule has 1 amide bonds. The summed E-state index contributed by atoms with van der Waals surface area (Å²) in [5.41, 5.74) is 2.31. The number of hydrogen-bond donors (Lipinski definition) is 1. The van der Waals surface area contributed by atoms with Crippen molar-refractivity contribution in [2.45, 2.75) is 110 Å². The second-order valence-electron chi connectivity index (χ2n) is 14.9. The maximum Gasteiger partial charge on any atom is 0.342 e. The predicted molar refractivity (Wildman–Crippen MR) is 201 cm³/mol. The third-order valence-electron chi connectivity index (χ3n) is 9.72. The number of ether oxygens (including phenoxy) is 2. The van der Waals surface area contributed by atoms with Gasteiger partial charge >= 0.3 is 5.97 Å². The van der Waals surface area contributed by atoms with Crippen LogP contribution >= 0.6 is 0 Å². The highest BCUT2D eigenvalue weighted by Gasteiger charge is 2.47. The molecule has 2 heterocycles. The summed E-state index contributed by atoms with van der Waals surface area (Å²) >= 11 is 0. The Hall–Kier alpha value is -3.89. The van der Waals surface area contributed by atoms with Crippen LogP contribution in [0, 0.1) is 12.8 Å². The Labute approximate surface area is 300 Å². The van der Waals surface area contributed by atoms with Crippen LogP contribution in [-0.2, 0) is 25.1 Å². The number of carbonyl (C=O) groups is 2. The fourth-order valence-electron chi connectivity index (χ4n) is 5.32. The number of likely N-dealkylation sites (N-methyl/N-ethyl adjacent to an activating group) is 1. The first-order valence-electron chi connectivity index (χ1n) is 17.6. The average Bonchev–Trinajstić information content (AvgIpc) is 3.52. The average molecular weight is 707 g/mol. The van der Waals surface area contributed by atoms with Crippen molar-refractivity contribution in [3.63, 3.8) is 0 Å². The number of methoxy groups -OCH3 is 1. The minimum absolute atomic E-state index is 0.0454. The number of aryl methyl sites for hydroxylation is 1. The van der Waals surface area contributed by atoms with E-state index in [9.17, 15) is 14.7 Å². The lowest BCUT2D eigenvalue weighted by Gasteiger charge is -2.44. The van der Waals surface area contributed by atoms with Gasteiger partial charge in [-0.15, -0.1) is 0 Å². The first kappa shape index (κ1) is 40.5. The Morgan fingerprint density at radius 3 is 2.48 bits per heavy atom. The lowest BCUT2D eigenvalue weighted by molar-refractivity contribution is -0.124. The monoisotopic (exact) mass is 706 g/mol. The number of cyclic esters (lactones) is 1. The number of fused-ring (bicyclic) bond motifs is 1. The third kappa shape index (κ3) is 10.8. The predicted octanol–water partition coefficient (Wildman–Crippen LogP) is 9.12. The second-order valence-corrected chi connectivity index (χ2v) is 19.7. The van der Waals surface area contributed by atoms with E-state index in [4.69, 9.17) is 23.3 Å². The molecule has 274 valence electrons. The molecule has 0 aliphatic carbocycles. The molecular weight excluding hydrogens is 649 g/mol. The number of allylic oxidation sites excluding steroid dienone is 6. The van der Waals surface area contributed by atoms with Crippen molar-refractivity contribution < 1.29 is 33.0 Å². The van der Waals surface area contributed by atoms with Gasteiger partial charge < -0.3 is 28.3 Å². The van der Waals surface area contributed by atoms with Gasteiger partial charge in [-0.05, 0) is 63.2 Å². The van der Waals surface area contributed by atoms with Crippen molar-refractivity contribution in [3.05, 3.63) is 95.0 Å². The number of nitrogens with zero attached hydrogens (tertiary/aromatic N) is 2. The zero-order valence-corrected chi connectivity index (χ0v) is 32.9. The molecule has 0 bridgehead atoms. The standard InChI is InChI=1S/C40H58N2O7Si/c1-27-21-22-32-34(35(27)44)39(45)48-36(37(32)49-50(10,11)40(5,6)7)29(3)24-31-26-47-38(41-31)28(2)20-18-16-14-12-13-15-17-19-23-42(8)33(43)25-30(4)46-9/h12,14,16-19,21-22,25-26,28-29,36-37,44H,13,15,20,23-24H2,1-11H3/b14-12-,18-16-,19-17+,30-25+/t28-,29-,36-,37+/m1/s1. The van der Waals surface area contributed by atoms with Crippen LogP contribution in [0.1, 0.15) is 106 Å². The van der Waals surface area contributed by atoms with Crippen LogP contribution in [0.5, 0.6) is 5.75 Å². The molecule has 0 radical (unpaired) electrons. The fraction of sp³-hybridized carbons (Fsp3) is 0.525. The molecule has 3 rings (SSSR count). The van der Waals surface area contributed by atoms with Crippen molar-refractivity contribution in [1.29, 1.82) is 0 Å². The molecule has 9 nitrogen and oxygen atoms in total. The number of aromatic nitrogens is 1. The summed E-state index contributed by atoms with van der Waals surface area (Å²) in [7, 11) is 1.03. The zero-order chi connectivity index (χ0) is 37.2. The van der Waals surface area contributed by atoms with Crippen molar-refractivity contribution in [3.8, 4) is 5.75 Å². The highest BCUT2D eigenvalue weighted by atomic mass is 28.4. The SMILES string of the molecule is CO/C(C)=C/C(=O)N(C)C/C=C/CC/C=C\C=C/C[C@@H](C)c1nc(C[C@@H](C)[C@H]2OC(=O)c3c(ccc(C)c3O)[C@@H]2O[Si](C)(C)C(C)(C)C)co1. The van der Waals surface area contributed by atoms with Crippen LogP contribution in [0.3, 0.4) is 0 Å². The Bertz CT molecular complexity index is 1580. The molecule has 4 atom stereocenters. The van der Waals surface area contributed by atoms with E-state index in [2.05, 4.69) is 59.0 Å². The molecule has 1 aromatic carbocycles. The molecule has 50 heavy (non-hydrogen) atoms. The topological polar surface area (TPSA) is 111 Å². The third-order valence-corrected chi connectivity index (χ3v) is 14.2. The zero-order valence-electron chi connectivity index (χ0n) is 31.9. The van der Waals surface area contributed by atoms with Gasteiger partial charge in [-0.3, -0.25) is 4.79 Å². The number of amides is 1. The molecule has 0 saturated heterocycles. The lowest BCUT2D eigenvalue weighted by atomic mass is 9.86. The van der Waals surface area contributed by atoms with Crippen LogP contribution in [0.15, 0.2) is 71.1 Å². The minimum Gasteiger partial charge on any atom is -0.507 e. The van der Waals surface area contributed by atoms with Gasteiger partial charge in [0, 0.05) is 37.1 Å². The number of carbonyl (C=O) groups excluding carboxylic acids is 2. The van der Waals surface area contributed by atoms with Gasteiger partial charge in [0.15, 0.2) is 14.2 Å². The Morgan fingerprint density at radius 2 is 1.80 bits per heavy atom. The maximum absolute atomic E-state index is 13.2. The molecule has 0 unspecified atom stereocenters. The molecule has 1 aliphatic heterocycles. The van der Waals surface area contributed by atoms with E-state index >= 15 is 0 Å². The van der Waals surface area contributed by atoms with E-state index in [0.29, 0.717) is 35.7 Å². The van der Waals surface area contributed by atoms with Crippen LogP contribution in [0.4, 0.5) is 0 Å². The van der Waals surface area contributed by atoms with E-state index in [1.165, 1.54) is 6.08 Å². The molecule has 2 aromatic rings. The summed E-state index contributed by atoms with van der Waals surface area (Å²) in [4.78, 5) is 31.7. The molecule has 1 N–H and O–H groups in total. The fourth-order valence-corrected chi connectivity index (χ4v) is 6.57. The molecule has 1 aliphatic rings. The number of rotatable bonds is 16. The van der Waals surface area contributed by atoms with Crippen molar-refractivity contribution in [2.75, 3.05) is 20.7 Å². The number of hydrogen-bond acceptors (Lipinski definition) is 8. The first-order chi connectivity index (χ1) is 23.5. The van der Waals surface area contributed by atoms with Gasteiger partial charge in [0.05, 0.1) is 18.6 Å². The summed E-state index contributed by atoms with van der Waals surface area (Å²) < 4.78 is 23.9. The van der Waals surface area contributed by atoms with E-state index < -0.39 is 26.5 Å². The van der Waals surface area contributed by atoms with Crippen LogP contribution < -0.4 is 0 Å². The molecule has 0 fully saturated rings. The largest absolute Gasteiger partial charge is 0.507 e. The number of benzene rings is 1. The van der Waals surface area contributed by atoms with Gasteiger partial charge in [0.25, 0.3) is 0 Å². The van der Waals surface area contributed by atoms with Crippen molar-refractivity contribution >= 4 is 20.2 Å². The summed E-state index contributed by atoms with van der Waals surface area (Å²) in [5, 5.41) is 10.8. The number of phenolic OH excluding ortho intramolecular Hbond substituents is 1. The molecule has 0 saturated carbocycles. The Morgan fingerprint density at radius 1 is 1.12 bits per heavy atom. The van der Waals surface area contributed by atoms with E-state index in [1.807, 2.05) is 37.3 Å². The number of phenols is 1. The highest BCUT2D eigenvalue weighted by molar-refractivity contribution is 6.74. The van der Waals surface area contributed by atoms with Crippen LogP contribution in [-0.4, -0.2) is 62.0 Å². The smallest absolute Gasteiger partial charge is 0.342 e. The summed E-state index contributed by atoms with van der Waals surface area (Å²) in [5.74, 6) is 0.575. The highest BCUT2D eigenvalue weighted by Crippen LogP contribution is 2.46. The number of esters is 1. The van der Waals surface area contributed by atoms with Gasteiger partial charge in [-0.25, -0.2) is 9.78 Å². The molecule has 0 spiro atoms. The molecule has 10 heteroatoms. The maximum atomic E-state index is 13.2. The Balaban J connectivity index is 1.56. The molecular formula is C40H58N2O7Si. The van der Waals surface area contributed by atoms with E-state index in [1.54, 1.807) is 39.2 Å². The first-order valence-corrected chi connectivity index (χ1v) is 20.5. The van der Waals surface area contributed by atoms with E-state index in [-0.39, 0.29) is 34.1 Å². The number of unbranched alkanes of at least 4 members (excludes halogenated alkanes) is 1. The number of oxazole rings is 1. The number of aromatic hydroxyl groups is 1.